The summed E-state index contributed by atoms with van der Waals surface area (Å²) in [7, 11) is 0. The number of hydrogen-bond donors (Lipinski definition) is 1. The Bertz CT molecular complexity index is 1090. The number of rotatable bonds is 8. The molecule has 8 heteroatoms. The molecule has 0 unspecified atom stereocenters. The summed E-state index contributed by atoms with van der Waals surface area (Å²) >= 11 is 12.7. The van der Waals surface area contributed by atoms with E-state index in [-0.39, 0.29) is 15.8 Å². The molecular formula is C24H23AsCl2N5. The third-order valence-corrected chi connectivity index (χ3v) is 8.10. The van der Waals surface area contributed by atoms with Crippen molar-refractivity contribution in [2.45, 2.75) is 24.5 Å². The van der Waals surface area contributed by atoms with Gasteiger partial charge >= 0.3 is 206 Å². The van der Waals surface area contributed by atoms with Gasteiger partial charge in [0.25, 0.3) is 0 Å². The van der Waals surface area contributed by atoms with E-state index < -0.39 is 0 Å². The van der Waals surface area contributed by atoms with Crippen LogP contribution in [0.1, 0.15) is 29.7 Å². The van der Waals surface area contributed by atoms with Crippen molar-refractivity contribution in [3.05, 3.63) is 75.4 Å². The summed E-state index contributed by atoms with van der Waals surface area (Å²) in [6.45, 7) is 3.56. The van der Waals surface area contributed by atoms with Gasteiger partial charge in [-0.1, -0.05) is 0 Å². The quantitative estimate of drug-likeness (QED) is 0.426. The van der Waals surface area contributed by atoms with E-state index in [1.807, 2.05) is 30.3 Å². The van der Waals surface area contributed by atoms with Crippen molar-refractivity contribution in [3.8, 4) is 6.07 Å². The molecule has 32 heavy (non-hydrogen) atoms. The van der Waals surface area contributed by atoms with Crippen LogP contribution in [0, 0.1) is 11.3 Å². The van der Waals surface area contributed by atoms with Crippen LogP contribution < -0.4 is 9.80 Å². The van der Waals surface area contributed by atoms with Crippen molar-refractivity contribution < 1.29 is 0 Å². The van der Waals surface area contributed by atoms with E-state index in [2.05, 4.69) is 22.4 Å². The SMILES string of the molecule is N#Cc1ccc(Nc2nc(Cc3c(Cl)cccc3Cl)cc([As]CCN3CCCC3)n2)cc1. The fourth-order valence-corrected chi connectivity index (χ4v) is 6.33. The summed E-state index contributed by atoms with van der Waals surface area (Å²) in [4.78, 5) is 12.1. The molecule has 0 spiro atoms. The van der Waals surface area contributed by atoms with Gasteiger partial charge in [-0.3, -0.25) is 0 Å². The molecule has 0 amide bonds. The zero-order valence-electron chi connectivity index (χ0n) is 17.6. The minimum absolute atomic E-state index is 0.0771. The van der Waals surface area contributed by atoms with E-state index in [4.69, 9.17) is 38.4 Å². The Morgan fingerprint density at radius 3 is 2.44 bits per heavy atom. The fraction of sp³-hybridized carbons (Fsp3) is 0.292. The summed E-state index contributed by atoms with van der Waals surface area (Å²) in [5.74, 6) is 0.557. The topological polar surface area (TPSA) is 64.8 Å². The first-order valence-corrected chi connectivity index (χ1v) is 13.6. The zero-order chi connectivity index (χ0) is 22.3. The molecular weight excluding hydrogens is 504 g/mol. The van der Waals surface area contributed by atoms with Crippen molar-refractivity contribution in [2.75, 3.05) is 25.0 Å². The number of likely N-dealkylation sites (tertiary alicyclic amines) is 1. The second kappa shape index (κ2) is 11.2. The first kappa shape index (κ1) is 23.1. The molecule has 1 aliphatic rings. The molecule has 3 aromatic rings. The van der Waals surface area contributed by atoms with E-state index in [0.29, 0.717) is 28.0 Å². The summed E-state index contributed by atoms with van der Waals surface area (Å²) in [5.41, 5.74) is 3.22. The predicted octanol–water partition coefficient (Wildman–Crippen LogP) is 4.83. The second-order valence-electron chi connectivity index (χ2n) is 7.66. The van der Waals surface area contributed by atoms with E-state index in [1.54, 1.807) is 12.1 Å². The minimum atomic E-state index is -0.0771. The van der Waals surface area contributed by atoms with Crippen LogP contribution in [-0.2, 0) is 6.42 Å². The molecule has 1 fully saturated rings. The van der Waals surface area contributed by atoms with Crippen molar-refractivity contribution in [1.82, 2.24) is 14.9 Å². The van der Waals surface area contributed by atoms with E-state index in [9.17, 15) is 0 Å². The maximum absolute atomic E-state index is 9.02. The van der Waals surface area contributed by atoms with Crippen LogP contribution in [0.3, 0.4) is 0 Å². The van der Waals surface area contributed by atoms with Crippen LogP contribution in [0.15, 0.2) is 48.5 Å². The van der Waals surface area contributed by atoms with E-state index in [0.717, 1.165) is 33.2 Å². The predicted molar refractivity (Wildman–Crippen MR) is 132 cm³/mol. The first-order chi connectivity index (χ1) is 15.6. The average molecular weight is 527 g/mol. The molecule has 163 valence electrons. The van der Waals surface area contributed by atoms with Gasteiger partial charge in [-0.2, -0.15) is 0 Å². The molecule has 2 aromatic carbocycles. The number of nitrogens with zero attached hydrogens (tertiary/aromatic N) is 4. The molecule has 1 saturated heterocycles. The van der Waals surface area contributed by atoms with Crippen LogP contribution in [0.5, 0.6) is 0 Å². The Hall–Kier alpha value is -2.09. The summed E-state index contributed by atoms with van der Waals surface area (Å²) in [6, 6.07) is 17.1. The molecule has 0 atom stereocenters. The zero-order valence-corrected chi connectivity index (χ0v) is 20.9. The van der Waals surface area contributed by atoms with Crippen molar-refractivity contribution in [2.24, 2.45) is 0 Å². The summed E-state index contributed by atoms with van der Waals surface area (Å²) < 4.78 is 1.09. The monoisotopic (exact) mass is 526 g/mol. The van der Waals surface area contributed by atoms with Crippen molar-refractivity contribution in [1.29, 1.82) is 5.26 Å². The van der Waals surface area contributed by atoms with E-state index >= 15 is 0 Å². The number of hydrogen-bond acceptors (Lipinski definition) is 5. The normalized spacial score (nSPS) is 14.2. The third kappa shape index (κ3) is 6.24. The first-order valence-electron chi connectivity index (χ1n) is 10.6. The van der Waals surface area contributed by atoms with Gasteiger partial charge in [0, 0.05) is 0 Å². The Morgan fingerprint density at radius 1 is 1.03 bits per heavy atom. The standard InChI is InChI=1S/C24H23AsCl2N5/c26-21-4-3-5-22(27)20(21)14-19-15-23(25-10-13-32-11-1-2-12-32)31-24(30-19)29-18-8-6-17(16-28)7-9-18/h3-9,15H,1-2,10-14H2,(H,29,30,31). The average Bonchev–Trinajstić information content (AvgIpc) is 3.30. The number of halogens is 2. The summed E-state index contributed by atoms with van der Waals surface area (Å²) in [5, 5.41) is 14.7. The van der Waals surface area contributed by atoms with Gasteiger partial charge in [-0.05, 0) is 0 Å². The summed E-state index contributed by atoms with van der Waals surface area (Å²) in [6.07, 6.45) is 3.17. The molecule has 0 saturated carbocycles. The third-order valence-electron chi connectivity index (χ3n) is 5.34. The molecule has 0 bridgehead atoms. The molecule has 1 N–H and O–H groups in total. The van der Waals surface area contributed by atoms with Crippen molar-refractivity contribution in [3.63, 3.8) is 0 Å². The van der Waals surface area contributed by atoms with Gasteiger partial charge in [0.15, 0.2) is 0 Å². The van der Waals surface area contributed by atoms with Crippen LogP contribution in [0.4, 0.5) is 11.6 Å². The van der Waals surface area contributed by atoms with Gasteiger partial charge in [0.2, 0.25) is 0 Å². The number of nitrogens with one attached hydrogen (secondary N) is 1. The Kier molecular flexibility index (Phi) is 8.05. The van der Waals surface area contributed by atoms with Crippen LogP contribution in [0.2, 0.25) is 15.3 Å². The van der Waals surface area contributed by atoms with Gasteiger partial charge in [-0.15, -0.1) is 0 Å². The maximum atomic E-state index is 9.02. The molecule has 1 radical (unpaired) electrons. The fourth-order valence-electron chi connectivity index (χ4n) is 3.66. The van der Waals surface area contributed by atoms with Crippen molar-refractivity contribution >= 4 is 55.1 Å². The van der Waals surface area contributed by atoms with Crippen LogP contribution in [-0.4, -0.2) is 50.3 Å². The Labute approximate surface area is 205 Å². The van der Waals surface area contributed by atoms with Gasteiger partial charge in [0.1, 0.15) is 0 Å². The molecule has 1 aliphatic heterocycles. The number of aromatic nitrogens is 2. The molecule has 0 aliphatic carbocycles. The van der Waals surface area contributed by atoms with Crippen LogP contribution in [0.25, 0.3) is 0 Å². The van der Waals surface area contributed by atoms with Crippen LogP contribution >= 0.6 is 23.2 Å². The molecule has 5 nitrogen and oxygen atoms in total. The van der Waals surface area contributed by atoms with Gasteiger partial charge < -0.3 is 0 Å². The number of benzene rings is 2. The molecule has 2 heterocycles. The number of anilines is 2. The molecule has 1 aromatic heterocycles. The second-order valence-corrected chi connectivity index (χ2v) is 11.0. The van der Waals surface area contributed by atoms with E-state index in [1.165, 1.54) is 25.9 Å². The Balaban J connectivity index is 1.55. The Morgan fingerprint density at radius 2 is 1.75 bits per heavy atom. The molecule has 4 rings (SSSR count). The van der Waals surface area contributed by atoms with Gasteiger partial charge in [0.05, 0.1) is 0 Å². The number of nitriles is 1. The van der Waals surface area contributed by atoms with Gasteiger partial charge in [-0.25, -0.2) is 0 Å².